The van der Waals surface area contributed by atoms with Crippen molar-refractivity contribution in [3.05, 3.63) is 59.7 Å². The number of alkyl halides is 5. The first-order valence-corrected chi connectivity index (χ1v) is 15.4. The van der Waals surface area contributed by atoms with Gasteiger partial charge in [-0.15, -0.1) is 12.4 Å². The van der Waals surface area contributed by atoms with Crippen molar-refractivity contribution < 1.29 is 60.4 Å². The lowest BCUT2D eigenvalue weighted by molar-refractivity contribution is -0.175. The lowest BCUT2D eigenvalue weighted by Gasteiger charge is -2.33. The number of halogens is 6. The molecule has 286 valence electrons. The molecule has 0 fully saturated rings. The van der Waals surface area contributed by atoms with Gasteiger partial charge in [-0.2, -0.15) is 22.0 Å². The summed E-state index contributed by atoms with van der Waals surface area (Å²) in [5.74, 6) is -9.86. The number of nitrogens with two attached hydrogens (primary N) is 1. The molecule has 0 saturated carbocycles. The second kappa shape index (κ2) is 18.9. The average Bonchev–Trinajstić information content (AvgIpc) is 3.02. The van der Waals surface area contributed by atoms with E-state index in [1.807, 2.05) is 0 Å². The van der Waals surface area contributed by atoms with Gasteiger partial charge in [0.25, 0.3) is 5.91 Å². The van der Waals surface area contributed by atoms with Crippen molar-refractivity contribution >= 4 is 36.1 Å². The number of carbonyl (C=O) groups is 4. The number of amides is 3. The zero-order valence-electron chi connectivity index (χ0n) is 28.8. The highest BCUT2D eigenvalue weighted by Crippen LogP contribution is 2.27. The summed E-state index contributed by atoms with van der Waals surface area (Å²) in [5, 5.41) is 16.2. The Bertz CT molecular complexity index is 1460. The Hall–Kier alpha value is -4.22. The fraction of sp³-hybridized carbons (Fsp3) is 0.515. The Morgan fingerprint density at radius 1 is 0.863 bits per heavy atom. The second-order valence-electron chi connectivity index (χ2n) is 12.7. The van der Waals surface area contributed by atoms with Crippen molar-refractivity contribution in [3.63, 3.8) is 0 Å². The van der Waals surface area contributed by atoms with Gasteiger partial charge in [0.15, 0.2) is 6.61 Å². The van der Waals surface area contributed by atoms with E-state index in [9.17, 15) is 46.2 Å². The maximum atomic E-state index is 14.8. The van der Waals surface area contributed by atoms with Gasteiger partial charge >= 0.3 is 18.1 Å². The highest BCUT2D eigenvalue weighted by molar-refractivity contribution is 5.91. The van der Waals surface area contributed by atoms with E-state index in [0.29, 0.717) is 17.1 Å². The molecule has 6 N–H and O–H groups in total. The predicted octanol–water partition coefficient (Wildman–Crippen LogP) is 3.38. The van der Waals surface area contributed by atoms with Gasteiger partial charge in [0.1, 0.15) is 35.8 Å². The monoisotopic (exact) mass is 754 g/mol. The number of ether oxygens (including phenoxy) is 3. The van der Waals surface area contributed by atoms with Gasteiger partial charge in [-0.1, -0.05) is 38.1 Å². The van der Waals surface area contributed by atoms with Crippen LogP contribution in [0.15, 0.2) is 48.5 Å². The van der Waals surface area contributed by atoms with Gasteiger partial charge in [-0.05, 0) is 68.5 Å². The van der Waals surface area contributed by atoms with Crippen molar-refractivity contribution in [3.8, 4) is 11.5 Å². The highest BCUT2D eigenvalue weighted by Gasteiger charge is 2.52. The third-order valence-electron chi connectivity index (χ3n) is 6.98. The molecule has 4 atom stereocenters. The number of benzene rings is 2. The molecule has 0 aliphatic heterocycles. The smallest absolute Gasteiger partial charge is 0.405 e. The van der Waals surface area contributed by atoms with Crippen LogP contribution < -0.4 is 31.2 Å². The van der Waals surface area contributed by atoms with E-state index >= 15 is 0 Å². The fourth-order valence-corrected chi connectivity index (χ4v) is 4.44. The molecule has 0 aromatic heterocycles. The molecule has 51 heavy (non-hydrogen) atoms. The molecule has 2 aromatic carbocycles. The van der Waals surface area contributed by atoms with Crippen LogP contribution in [0.25, 0.3) is 0 Å². The molecular formula is C33H44ClF5N4O8. The molecule has 18 heteroatoms. The van der Waals surface area contributed by atoms with Crippen LogP contribution in [0, 0.1) is 5.92 Å². The molecule has 0 aliphatic rings. The van der Waals surface area contributed by atoms with Crippen LogP contribution in [0.3, 0.4) is 0 Å². The molecule has 3 amide bonds. The summed E-state index contributed by atoms with van der Waals surface area (Å²) in [6.07, 6.45) is -7.97. The van der Waals surface area contributed by atoms with Crippen molar-refractivity contribution in [1.82, 2.24) is 16.0 Å². The normalized spacial score (nSPS) is 14.2. The van der Waals surface area contributed by atoms with Gasteiger partial charge in [-0.25, -0.2) is 4.79 Å². The first kappa shape index (κ1) is 44.8. The summed E-state index contributed by atoms with van der Waals surface area (Å²) in [6.45, 7) is 5.40. The standard InChI is InChI=1S/C33H43F5N4O8.ClH/c1-18(2)25(27(44)33(37,38)30(47)40-17-32(34,35)36)41-29(46)26(20-9-13-21(48-6)14-10-20)42-28(45)23(39)15-19-7-11-22(12-8-19)49-16-24(43)50-31(3,4)5;/h7-14,18,23,25-27,44H,15-17,39H2,1-6H3,(H,40,47)(H,41,46)(H,42,45);1H. The van der Waals surface area contributed by atoms with Crippen molar-refractivity contribution in [1.29, 1.82) is 0 Å². The second-order valence-corrected chi connectivity index (χ2v) is 12.7. The molecule has 2 aromatic rings. The van der Waals surface area contributed by atoms with Crippen molar-refractivity contribution in [2.24, 2.45) is 11.7 Å². The van der Waals surface area contributed by atoms with Crippen LogP contribution in [0.1, 0.15) is 51.8 Å². The Kier molecular flexibility index (Phi) is 16.6. The quantitative estimate of drug-likeness (QED) is 0.127. The number of aliphatic hydroxyl groups excluding tert-OH is 1. The lowest BCUT2D eigenvalue weighted by Crippen LogP contribution is -2.60. The SMILES string of the molecule is COc1ccc(C(NC(=O)C(N)Cc2ccc(OCC(=O)OC(C)(C)C)cc2)C(=O)NC(C(C)C)C(O)C(F)(F)C(=O)NCC(F)(F)F)cc1.Cl. The predicted molar refractivity (Wildman–Crippen MR) is 177 cm³/mol. The first-order valence-electron chi connectivity index (χ1n) is 15.4. The van der Waals surface area contributed by atoms with Crippen LogP contribution in [-0.4, -0.2) is 84.9 Å². The van der Waals surface area contributed by atoms with Crippen LogP contribution >= 0.6 is 12.4 Å². The summed E-state index contributed by atoms with van der Waals surface area (Å²) >= 11 is 0. The van der Waals surface area contributed by atoms with Gasteiger partial charge in [0, 0.05) is 0 Å². The van der Waals surface area contributed by atoms with Gasteiger partial charge in [0.05, 0.1) is 19.2 Å². The number of hydrogen-bond acceptors (Lipinski definition) is 9. The van der Waals surface area contributed by atoms with Crippen LogP contribution in [-0.2, 0) is 30.3 Å². The van der Waals surface area contributed by atoms with Gasteiger partial charge < -0.3 is 41.0 Å². The maximum Gasteiger partial charge on any atom is 0.405 e. The number of esters is 1. The number of carbonyl (C=O) groups excluding carboxylic acids is 4. The zero-order valence-corrected chi connectivity index (χ0v) is 29.6. The maximum absolute atomic E-state index is 14.8. The van der Waals surface area contributed by atoms with Gasteiger partial charge in [-0.3, -0.25) is 14.4 Å². The van der Waals surface area contributed by atoms with Gasteiger partial charge in [0.2, 0.25) is 11.8 Å². The molecule has 0 heterocycles. The van der Waals surface area contributed by atoms with Crippen LogP contribution in [0.2, 0.25) is 0 Å². The molecular weight excluding hydrogens is 711 g/mol. The average molecular weight is 755 g/mol. The van der Waals surface area contributed by atoms with Crippen LogP contribution in [0.4, 0.5) is 22.0 Å². The van der Waals surface area contributed by atoms with Crippen molar-refractivity contribution in [2.45, 2.75) is 83.0 Å². The highest BCUT2D eigenvalue weighted by atomic mass is 35.5. The Balaban J connectivity index is 0.0000130. The molecule has 0 spiro atoms. The van der Waals surface area contributed by atoms with E-state index < -0.39 is 78.1 Å². The fourth-order valence-electron chi connectivity index (χ4n) is 4.44. The summed E-state index contributed by atoms with van der Waals surface area (Å²) < 4.78 is 82.9. The summed E-state index contributed by atoms with van der Waals surface area (Å²) in [4.78, 5) is 50.6. The lowest BCUT2D eigenvalue weighted by atomic mass is 9.93. The summed E-state index contributed by atoms with van der Waals surface area (Å²) in [6, 6.07) is 7.38. The van der Waals surface area contributed by atoms with E-state index in [-0.39, 0.29) is 31.0 Å². The molecule has 0 aliphatic carbocycles. The number of rotatable bonds is 16. The minimum absolute atomic E-state index is 0. The molecule has 0 bridgehead atoms. The van der Waals surface area contributed by atoms with E-state index in [2.05, 4.69) is 10.6 Å². The Morgan fingerprint density at radius 3 is 1.90 bits per heavy atom. The van der Waals surface area contributed by atoms with E-state index in [4.69, 9.17) is 19.9 Å². The van der Waals surface area contributed by atoms with Crippen LogP contribution in [0.5, 0.6) is 11.5 Å². The third kappa shape index (κ3) is 14.5. The minimum Gasteiger partial charge on any atom is -0.497 e. The number of hydrogen-bond donors (Lipinski definition) is 5. The molecule has 2 rings (SSSR count). The largest absolute Gasteiger partial charge is 0.497 e. The zero-order chi connectivity index (χ0) is 38.0. The minimum atomic E-state index is -4.99. The number of nitrogens with one attached hydrogen (secondary N) is 3. The Labute approximate surface area is 298 Å². The Morgan fingerprint density at radius 2 is 1.41 bits per heavy atom. The van der Waals surface area contributed by atoms with E-state index in [0.717, 1.165) is 5.32 Å². The first-order chi connectivity index (χ1) is 23.0. The molecule has 12 nitrogen and oxygen atoms in total. The summed E-state index contributed by atoms with van der Waals surface area (Å²) in [7, 11) is 1.39. The molecule has 0 radical (unpaired) electrons. The number of aliphatic hydroxyl groups is 1. The summed E-state index contributed by atoms with van der Waals surface area (Å²) in [5.41, 5.74) is 6.20. The molecule has 4 unspecified atom stereocenters. The third-order valence-corrected chi connectivity index (χ3v) is 6.98. The number of methoxy groups -OCH3 is 1. The van der Waals surface area contributed by atoms with E-state index in [1.165, 1.54) is 45.2 Å². The molecule has 0 saturated heterocycles. The van der Waals surface area contributed by atoms with E-state index in [1.54, 1.807) is 45.0 Å². The van der Waals surface area contributed by atoms with Crippen molar-refractivity contribution in [2.75, 3.05) is 20.3 Å². The topological polar surface area (TPSA) is 178 Å².